The lowest BCUT2D eigenvalue weighted by atomic mass is 10.1. The van der Waals surface area contributed by atoms with Gasteiger partial charge in [-0.25, -0.2) is 18.7 Å². The summed E-state index contributed by atoms with van der Waals surface area (Å²) < 4.78 is 28.3. The van der Waals surface area contributed by atoms with Gasteiger partial charge in [0.2, 0.25) is 0 Å². The van der Waals surface area contributed by atoms with Crippen molar-refractivity contribution in [3.63, 3.8) is 0 Å². The molecular formula is C15H10Cl2F2N3P. The number of aryl methyl sites for hydroxylation is 1. The zero-order chi connectivity index (χ0) is 16.7. The van der Waals surface area contributed by atoms with Gasteiger partial charge < -0.3 is 0 Å². The number of hydrogen-bond donors (Lipinski definition) is 0. The topological polar surface area (TPSA) is 38.7 Å². The molecule has 0 bridgehead atoms. The van der Waals surface area contributed by atoms with Gasteiger partial charge >= 0.3 is 0 Å². The van der Waals surface area contributed by atoms with Crippen molar-refractivity contribution in [2.75, 3.05) is 6.66 Å². The van der Waals surface area contributed by atoms with E-state index in [1.54, 1.807) is 6.92 Å². The number of rotatable bonds is 2. The first-order valence-electron chi connectivity index (χ1n) is 6.58. The largest absolute Gasteiger partial charge is 0.253 e. The average molecular weight is 372 g/mol. The van der Waals surface area contributed by atoms with Crippen molar-refractivity contribution in [3.8, 4) is 11.3 Å². The molecule has 0 radical (unpaired) electrons. The molecule has 0 aromatic carbocycles. The van der Waals surface area contributed by atoms with E-state index in [9.17, 15) is 8.78 Å². The smallest absolute Gasteiger partial charge is 0.151 e. The lowest BCUT2D eigenvalue weighted by molar-refractivity contribution is 0.624. The Balaban J connectivity index is 2.26. The van der Waals surface area contributed by atoms with Gasteiger partial charge in [0.1, 0.15) is 17.0 Å². The highest BCUT2D eigenvalue weighted by atomic mass is 35.5. The monoisotopic (exact) mass is 371 g/mol. The summed E-state index contributed by atoms with van der Waals surface area (Å²) in [7, 11) is 0.211. The summed E-state index contributed by atoms with van der Waals surface area (Å²) in [6, 6.07) is 2.42. The van der Waals surface area contributed by atoms with Crippen LogP contribution in [0.2, 0.25) is 10.0 Å². The van der Waals surface area contributed by atoms with Crippen molar-refractivity contribution < 1.29 is 8.78 Å². The Hall–Kier alpha value is -1.42. The van der Waals surface area contributed by atoms with Gasteiger partial charge in [0, 0.05) is 17.8 Å². The van der Waals surface area contributed by atoms with Crippen LogP contribution in [-0.2, 0) is 0 Å². The fourth-order valence-corrected chi connectivity index (χ4v) is 3.08. The summed E-state index contributed by atoms with van der Waals surface area (Å²) in [5.41, 5.74) is 1.57. The maximum Gasteiger partial charge on any atom is 0.151 e. The molecule has 0 aliphatic rings. The molecule has 23 heavy (non-hydrogen) atoms. The molecule has 3 nitrogen and oxygen atoms in total. The van der Waals surface area contributed by atoms with Gasteiger partial charge in [0.25, 0.3) is 0 Å². The molecule has 1 atom stereocenters. The molecule has 0 amide bonds. The van der Waals surface area contributed by atoms with Crippen LogP contribution in [0.4, 0.5) is 8.78 Å². The van der Waals surface area contributed by atoms with Crippen molar-refractivity contribution in [2.45, 2.75) is 6.92 Å². The Labute approximate surface area is 142 Å². The van der Waals surface area contributed by atoms with Gasteiger partial charge in [0.15, 0.2) is 5.82 Å². The summed E-state index contributed by atoms with van der Waals surface area (Å²) in [5.74, 6) is -1.12. The van der Waals surface area contributed by atoms with Gasteiger partial charge in [0.05, 0.1) is 26.7 Å². The summed E-state index contributed by atoms with van der Waals surface area (Å²) in [6.45, 7) is 3.48. The maximum absolute atomic E-state index is 14.4. The molecule has 8 heteroatoms. The first-order chi connectivity index (χ1) is 10.9. The van der Waals surface area contributed by atoms with Gasteiger partial charge in [-0.2, -0.15) is 0 Å². The van der Waals surface area contributed by atoms with E-state index < -0.39 is 11.6 Å². The van der Waals surface area contributed by atoms with Crippen LogP contribution in [0.5, 0.6) is 0 Å². The molecular weight excluding hydrogens is 362 g/mol. The zero-order valence-electron chi connectivity index (χ0n) is 12.1. The predicted molar refractivity (Wildman–Crippen MR) is 91.3 cm³/mol. The van der Waals surface area contributed by atoms with Gasteiger partial charge in [-0.3, -0.25) is 4.98 Å². The average Bonchev–Trinajstić information content (AvgIpc) is 2.52. The second-order valence-corrected chi connectivity index (χ2v) is 6.55. The van der Waals surface area contributed by atoms with Crippen LogP contribution >= 0.6 is 31.8 Å². The zero-order valence-corrected chi connectivity index (χ0v) is 14.6. The number of nitrogens with zero attached hydrogens (tertiary/aromatic N) is 3. The molecule has 0 saturated carbocycles. The second-order valence-electron chi connectivity index (χ2n) is 4.82. The van der Waals surface area contributed by atoms with E-state index in [1.807, 2.05) is 6.66 Å². The molecule has 3 rings (SSSR count). The van der Waals surface area contributed by atoms with Crippen LogP contribution in [0.25, 0.3) is 22.3 Å². The molecule has 0 aliphatic carbocycles. The van der Waals surface area contributed by atoms with E-state index >= 15 is 0 Å². The standard InChI is InChI=1S/C15H10Cl2F2N3P/c1-6-11(16)12(17)14-10(21-6)4-8(18)13(22-14)7-3-9(19)15(23-2)20-5-7/h3-5,23H,1-2H3. The van der Waals surface area contributed by atoms with Crippen LogP contribution in [0.3, 0.4) is 0 Å². The highest BCUT2D eigenvalue weighted by molar-refractivity contribution is 7.45. The number of halogens is 4. The molecule has 0 aliphatic heterocycles. The maximum atomic E-state index is 14.4. The molecule has 3 aromatic rings. The normalized spacial score (nSPS) is 11.7. The van der Waals surface area contributed by atoms with Gasteiger partial charge in [-0.15, -0.1) is 0 Å². The van der Waals surface area contributed by atoms with E-state index in [-0.39, 0.29) is 35.4 Å². The van der Waals surface area contributed by atoms with Crippen LogP contribution in [0.15, 0.2) is 18.3 Å². The van der Waals surface area contributed by atoms with Crippen LogP contribution < -0.4 is 5.44 Å². The Kier molecular flexibility index (Phi) is 4.45. The fraction of sp³-hybridized carbons (Fsp3) is 0.133. The fourth-order valence-electron chi connectivity index (χ4n) is 2.17. The Morgan fingerprint density at radius 3 is 2.43 bits per heavy atom. The number of fused-ring (bicyclic) bond motifs is 1. The molecule has 0 fully saturated rings. The summed E-state index contributed by atoms with van der Waals surface area (Å²) in [5, 5.41) is 0.451. The van der Waals surface area contributed by atoms with Crippen LogP contribution in [-0.4, -0.2) is 21.6 Å². The lowest BCUT2D eigenvalue weighted by Gasteiger charge is -2.09. The third-order valence-corrected chi connectivity index (χ3v) is 5.08. The molecule has 3 heterocycles. The van der Waals surface area contributed by atoms with E-state index in [4.69, 9.17) is 23.2 Å². The van der Waals surface area contributed by atoms with Gasteiger partial charge in [-0.1, -0.05) is 31.8 Å². The summed E-state index contributed by atoms with van der Waals surface area (Å²) in [4.78, 5) is 12.4. The van der Waals surface area contributed by atoms with E-state index in [0.717, 1.165) is 0 Å². The minimum atomic E-state index is -0.629. The third-order valence-electron chi connectivity index (χ3n) is 3.31. The van der Waals surface area contributed by atoms with Crippen molar-refractivity contribution in [1.29, 1.82) is 0 Å². The highest BCUT2D eigenvalue weighted by Gasteiger charge is 2.17. The lowest BCUT2D eigenvalue weighted by Crippen LogP contribution is -2.07. The summed E-state index contributed by atoms with van der Waals surface area (Å²) >= 11 is 12.2. The molecule has 3 aromatic heterocycles. The Morgan fingerprint density at radius 2 is 1.78 bits per heavy atom. The first-order valence-corrected chi connectivity index (χ1v) is 8.83. The van der Waals surface area contributed by atoms with E-state index in [1.165, 1.54) is 18.3 Å². The Bertz CT molecular complexity index is 934. The SMILES string of the molecule is CPc1ncc(-c2nc3c(Cl)c(Cl)c(C)nc3cc2F)cc1F. The van der Waals surface area contributed by atoms with Crippen LogP contribution in [0.1, 0.15) is 5.69 Å². The van der Waals surface area contributed by atoms with Crippen molar-refractivity contribution in [1.82, 2.24) is 15.0 Å². The first kappa shape index (κ1) is 16.4. The van der Waals surface area contributed by atoms with Gasteiger partial charge in [-0.05, 0) is 19.7 Å². The molecule has 0 spiro atoms. The minimum absolute atomic E-state index is 0.0430. The molecule has 118 valence electrons. The number of aromatic nitrogens is 3. The van der Waals surface area contributed by atoms with Crippen molar-refractivity contribution in [3.05, 3.63) is 45.7 Å². The van der Waals surface area contributed by atoms with E-state index in [2.05, 4.69) is 15.0 Å². The molecule has 0 saturated heterocycles. The van der Waals surface area contributed by atoms with Crippen molar-refractivity contribution in [2.24, 2.45) is 0 Å². The highest BCUT2D eigenvalue weighted by Crippen LogP contribution is 2.33. The minimum Gasteiger partial charge on any atom is -0.253 e. The van der Waals surface area contributed by atoms with Crippen molar-refractivity contribution >= 4 is 48.3 Å². The number of pyridine rings is 3. The second kappa shape index (κ2) is 6.23. The summed E-state index contributed by atoms with van der Waals surface area (Å²) in [6.07, 6.45) is 1.39. The quantitative estimate of drug-likeness (QED) is 0.621. The predicted octanol–water partition coefficient (Wildman–Crippen LogP) is 4.52. The molecule has 1 unspecified atom stereocenters. The Morgan fingerprint density at radius 1 is 1.04 bits per heavy atom. The van der Waals surface area contributed by atoms with E-state index in [0.29, 0.717) is 16.6 Å². The third kappa shape index (κ3) is 2.89. The van der Waals surface area contributed by atoms with Crippen LogP contribution in [0, 0.1) is 18.6 Å². The molecule has 0 N–H and O–H groups in total. The number of hydrogen-bond acceptors (Lipinski definition) is 3.